The van der Waals surface area contributed by atoms with Gasteiger partial charge in [-0.3, -0.25) is 14.5 Å². The van der Waals surface area contributed by atoms with E-state index in [1.54, 1.807) is 12.1 Å². The van der Waals surface area contributed by atoms with Crippen molar-refractivity contribution in [3.8, 4) is 11.1 Å². The lowest BCUT2D eigenvalue weighted by Crippen LogP contribution is -2.48. The number of amides is 2. The first-order valence-electron chi connectivity index (χ1n) is 9.65. The molecule has 2 N–H and O–H groups in total. The van der Waals surface area contributed by atoms with E-state index in [0.29, 0.717) is 5.56 Å². The SMILES string of the molecule is CC(CN1CCOCC1)NC(=O)CNC(=O)c1ccc(-c2ccccc2)cc1. The summed E-state index contributed by atoms with van der Waals surface area (Å²) in [5.74, 6) is -0.439. The molecule has 0 saturated carbocycles. The van der Waals surface area contributed by atoms with Gasteiger partial charge in [-0.2, -0.15) is 0 Å². The number of carbonyl (C=O) groups excluding carboxylic acids is 2. The highest BCUT2D eigenvalue weighted by atomic mass is 16.5. The van der Waals surface area contributed by atoms with Gasteiger partial charge in [0, 0.05) is 31.2 Å². The smallest absolute Gasteiger partial charge is 0.251 e. The minimum atomic E-state index is -0.254. The molecule has 0 radical (unpaired) electrons. The van der Waals surface area contributed by atoms with Crippen LogP contribution in [0.3, 0.4) is 0 Å². The Labute approximate surface area is 165 Å². The van der Waals surface area contributed by atoms with Crippen LogP contribution in [0.25, 0.3) is 11.1 Å². The van der Waals surface area contributed by atoms with Crippen LogP contribution in [0, 0.1) is 0 Å². The predicted octanol–water partition coefficient (Wildman–Crippen LogP) is 1.92. The number of rotatable bonds is 7. The molecule has 1 aliphatic rings. The van der Waals surface area contributed by atoms with E-state index in [-0.39, 0.29) is 24.4 Å². The third kappa shape index (κ3) is 5.90. The summed E-state index contributed by atoms with van der Waals surface area (Å²) < 4.78 is 5.33. The van der Waals surface area contributed by atoms with Crippen LogP contribution in [0.4, 0.5) is 0 Å². The van der Waals surface area contributed by atoms with Gasteiger partial charge in [-0.1, -0.05) is 42.5 Å². The average molecular weight is 381 g/mol. The van der Waals surface area contributed by atoms with Gasteiger partial charge in [-0.15, -0.1) is 0 Å². The third-order valence-electron chi connectivity index (χ3n) is 4.71. The van der Waals surface area contributed by atoms with E-state index in [1.807, 2.05) is 49.4 Å². The molecule has 1 atom stereocenters. The Bertz CT molecular complexity index is 771. The fraction of sp³-hybridized carbons (Fsp3) is 0.364. The first-order chi connectivity index (χ1) is 13.6. The maximum atomic E-state index is 12.3. The first kappa shape index (κ1) is 20.0. The molecule has 2 aromatic carbocycles. The van der Waals surface area contributed by atoms with E-state index in [9.17, 15) is 9.59 Å². The van der Waals surface area contributed by atoms with Crippen molar-refractivity contribution in [1.82, 2.24) is 15.5 Å². The monoisotopic (exact) mass is 381 g/mol. The van der Waals surface area contributed by atoms with Gasteiger partial charge in [-0.25, -0.2) is 0 Å². The van der Waals surface area contributed by atoms with Crippen molar-refractivity contribution < 1.29 is 14.3 Å². The molecule has 1 aliphatic heterocycles. The fourth-order valence-electron chi connectivity index (χ4n) is 3.25. The fourth-order valence-corrected chi connectivity index (χ4v) is 3.25. The minimum Gasteiger partial charge on any atom is -0.379 e. The number of nitrogens with one attached hydrogen (secondary N) is 2. The molecule has 0 spiro atoms. The Hall–Kier alpha value is -2.70. The Balaban J connectivity index is 1.43. The van der Waals surface area contributed by atoms with E-state index in [2.05, 4.69) is 15.5 Å². The number of hydrogen-bond acceptors (Lipinski definition) is 4. The van der Waals surface area contributed by atoms with Crippen LogP contribution in [-0.4, -0.2) is 62.1 Å². The lowest BCUT2D eigenvalue weighted by Gasteiger charge is -2.29. The van der Waals surface area contributed by atoms with Gasteiger partial charge in [0.25, 0.3) is 5.91 Å². The standard InChI is InChI=1S/C22H27N3O3/c1-17(16-25-11-13-28-14-12-25)24-21(26)15-23-22(27)20-9-7-19(8-10-20)18-5-3-2-4-6-18/h2-10,17H,11-16H2,1H3,(H,23,27)(H,24,26). The molecule has 28 heavy (non-hydrogen) atoms. The molecule has 1 fully saturated rings. The zero-order valence-electron chi connectivity index (χ0n) is 16.2. The summed E-state index contributed by atoms with van der Waals surface area (Å²) in [6.07, 6.45) is 0. The molecule has 0 aromatic heterocycles. The van der Waals surface area contributed by atoms with Gasteiger partial charge < -0.3 is 15.4 Å². The average Bonchev–Trinajstić information content (AvgIpc) is 2.73. The Morgan fingerprint density at radius 2 is 1.64 bits per heavy atom. The Kier molecular flexibility index (Phi) is 7.17. The summed E-state index contributed by atoms with van der Waals surface area (Å²) >= 11 is 0. The van der Waals surface area contributed by atoms with E-state index < -0.39 is 0 Å². The molecular weight excluding hydrogens is 354 g/mol. The summed E-state index contributed by atoms with van der Waals surface area (Å²) in [7, 11) is 0. The summed E-state index contributed by atoms with van der Waals surface area (Å²) in [5, 5.41) is 5.61. The van der Waals surface area contributed by atoms with Crippen molar-refractivity contribution in [2.45, 2.75) is 13.0 Å². The number of morpholine rings is 1. The Morgan fingerprint density at radius 3 is 2.32 bits per heavy atom. The first-order valence-corrected chi connectivity index (χ1v) is 9.65. The normalized spacial score (nSPS) is 15.6. The molecule has 2 aromatic rings. The van der Waals surface area contributed by atoms with Crippen molar-refractivity contribution in [1.29, 1.82) is 0 Å². The van der Waals surface area contributed by atoms with E-state index in [1.165, 1.54) is 0 Å². The van der Waals surface area contributed by atoms with Crippen molar-refractivity contribution in [3.63, 3.8) is 0 Å². The summed E-state index contributed by atoms with van der Waals surface area (Å²) in [5.41, 5.74) is 2.68. The molecule has 1 saturated heterocycles. The molecule has 1 heterocycles. The van der Waals surface area contributed by atoms with Crippen molar-refractivity contribution in [3.05, 3.63) is 60.2 Å². The quantitative estimate of drug-likeness (QED) is 0.769. The van der Waals surface area contributed by atoms with Crippen LogP contribution in [0.1, 0.15) is 17.3 Å². The molecule has 6 heteroatoms. The second kappa shape index (κ2) is 10.0. The lowest BCUT2D eigenvalue weighted by atomic mass is 10.0. The molecule has 6 nitrogen and oxygen atoms in total. The minimum absolute atomic E-state index is 0.0210. The highest BCUT2D eigenvalue weighted by Gasteiger charge is 2.15. The lowest BCUT2D eigenvalue weighted by molar-refractivity contribution is -0.120. The second-order valence-corrected chi connectivity index (χ2v) is 7.01. The van der Waals surface area contributed by atoms with Gasteiger partial charge in [0.05, 0.1) is 19.8 Å². The zero-order chi connectivity index (χ0) is 19.8. The van der Waals surface area contributed by atoms with Crippen molar-refractivity contribution >= 4 is 11.8 Å². The largest absolute Gasteiger partial charge is 0.379 e. The molecule has 0 aliphatic carbocycles. The van der Waals surface area contributed by atoms with Crippen LogP contribution >= 0.6 is 0 Å². The summed E-state index contributed by atoms with van der Waals surface area (Å²) in [6.45, 7) is 5.96. The summed E-state index contributed by atoms with van der Waals surface area (Å²) in [4.78, 5) is 26.7. The van der Waals surface area contributed by atoms with E-state index in [4.69, 9.17) is 4.74 Å². The van der Waals surface area contributed by atoms with Crippen LogP contribution < -0.4 is 10.6 Å². The molecule has 2 amide bonds. The van der Waals surface area contributed by atoms with Crippen molar-refractivity contribution in [2.75, 3.05) is 39.4 Å². The van der Waals surface area contributed by atoms with Gasteiger partial charge in [-0.05, 0) is 30.2 Å². The second-order valence-electron chi connectivity index (χ2n) is 7.01. The molecule has 3 rings (SSSR count). The number of hydrogen-bond donors (Lipinski definition) is 2. The van der Waals surface area contributed by atoms with Gasteiger partial charge >= 0.3 is 0 Å². The predicted molar refractivity (Wildman–Crippen MR) is 109 cm³/mol. The highest BCUT2D eigenvalue weighted by Crippen LogP contribution is 2.19. The van der Waals surface area contributed by atoms with Crippen LogP contribution in [-0.2, 0) is 9.53 Å². The molecule has 148 valence electrons. The molecular formula is C22H27N3O3. The van der Waals surface area contributed by atoms with Crippen LogP contribution in [0.5, 0.6) is 0 Å². The summed E-state index contributed by atoms with van der Waals surface area (Å²) in [6, 6.07) is 17.4. The van der Waals surface area contributed by atoms with Crippen molar-refractivity contribution in [2.24, 2.45) is 0 Å². The van der Waals surface area contributed by atoms with Gasteiger partial charge in [0.15, 0.2) is 0 Å². The zero-order valence-corrected chi connectivity index (χ0v) is 16.2. The number of nitrogens with zero attached hydrogens (tertiary/aromatic N) is 1. The highest BCUT2D eigenvalue weighted by molar-refractivity contribution is 5.96. The number of benzene rings is 2. The maximum absolute atomic E-state index is 12.3. The van der Waals surface area contributed by atoms with Crippen LogP contribution in [0.2, 0.25) is 0 Å². The molecule has 0 bridgehead atoms. The number of ether oxygens (including phenoxy) is 1. The van der Waals surface area contributed by atoms with E-state index in [0.717, 1.165) is 44.0 Å². The van der Waals surface area contributed by atoms with Gasteiger partial charge in [0.1, 0.15) is 0 Å². The third-order valence-corrected chi connectivity index (χ3v) is 4.71. The molecule has 1 unspecified atom stereocenters. The maximum Gasteiger partial charge on any atom is 0.251 e. The van der Waals surface area contributed by atoms with E-state index >= 15 is 0 Å². The topological polar surface area (TPSA) is 70.7 Å². The number of carbonyl (C=O) groups is 2. The Morgan fingerprint density at radius 1 is 1.00 bits per heavy atom. The van der Waals surface area contributed by atoms with Gasteiger partial charge in [0.2, 0.25) is 5.91 Å². The van der Waals surface area contributed by atoms with Crippen LogP contribution in [0.15, 0.2) is 54.6 Å².